The summed E-state index contributed by atoms with van der Waals surface area (Å²) in [4.78, 5) is 0. The smallest absolute Gasteiger partial charge is 0.0348 e. The second kappa shape index (κ2) is 16.5. The first-order valence-electron chi connectivity index (χ1n) is 8.23. The van der Waals surface area contributed by atoms with Gasteiger partial charge in [0, 0.05) is 0 Å². The van der Waals surface area contributed by atoms with E-state index in [2.05, 4.69) is 38.2 Å². The fraction of sp³-hybridized carbons (Fsp3) is 0.778. The lowest BCUT2D eigenvalue weighted by Crippen LogP contribution is -1.81. The van der Waals surface area contributed by atoms with E-state index in [4.69, 9.17) is 0 Å². The number of rotatable bonds is 13. The molecular weight excluding hydrogens is 216 g/mol. The third-order valence-electron chi connectivity index (χ3n) is 3.34. The van der Waals surface area contributed by atoms with E-state index in [1.807, 2.05) is 0 Å². The molecule has 0 aliphatic heterocycles. The van der Waals surface area contributed by atoms with E-state index < -0.39 is 0 Å². The Balaban J connectivity index is 3.03. The van der Waals surface area contributed by atoms with Gasteiger partial charge in [-0.2, -0.15) is 0 Å². The molecule has 0 amide bonds. The van der Waals surface area contributed by atoms with E-state index in [1.165, 1.54) is 70.6 Å². The maximum absolute atomic E-state index is 2.30. The van der Waals surface area contributed by atoms with Crippen molar-refractivity contribution < 1.29 is 0 Å². The van der Waals surface area contributed by atoms with Gasteiger partial charge in [-0.25, -0.2) is 0 Å². The van der Waals surface area contributed by atoms with E-state index in [1.54, 1.807) is 0 Å². The van der Waals surface area contributed by atoms with Gasteiger partial charge in [0.2, 0.25) is 0 Å². The molecule has 0 heteroatoms. The summed E-state index contributed by atoms with van der Waals surface area (Å²) in [6.45, 7) is 4.46. The van der Waals surface area contributed by atoms with Gasteiger partial charge in [-0.15, -0.1) is 0 Å². The molecule has 0 unspecified atom stereocenters. The zero-order valence-corrected chi connectivity index (χ0v) is 12.8. The van der Waals surface area contributed by atoms with Crippen molar-refractivity contribution in [3.63, 3.8) is 0 Å². The highest BCUT2D eigenvalue weighted by atomic mass is 14.0. The maximum atomic E-state index is 2.30. The molecule has 0 rings (SSSR count). The van der Waals surface area contributed by atoms with Crippen LogP contribution in [-0.2, 0) is 0 Å². The Hall–Kier alpha value is -0.520. The van der Waals surface area contributed by atoms with Gasteiger partial charge in [0.15, 0.2) is 0 Å². The van der Waals surface area contributed by atoms with Gasteiger partial charge >= 0.3 is 0 Å². The van der Waals surface area contributed by atoms with Crippen LogP contribution in [0.1, 0.15) is 90.9 Å². The Morgan fingerprint density at radius 2 is 1.06 bits per heavy atom. The molecule has 0 radical (unpaired) electrons. The van der Waals surface area contributed by atoms with Crippen LogP contribution in [0.3, 0.4) is 0 Å². The van der Waals surface area contributed by atoms with Crippen LogP contribution < -0.4 is 0 Å². The quantitative estimate of drug-likeness (QED) is 0.248. The number of allylic oxidation sites excluding steroid dienone is 4. The predicted octanol–water partition coefficient (Wildman–Crippen LogP) is 6.82. The van der Waals surface area contributed by atoms with Crippen LogP contribution in [0, 0.1) is 0 Å². The summed E-state index contributed by atoms with van der Waals surface area (Å²) in [5.74, 6) is 0. The minimum absolute atomic E-state index is 1.14. The first kappa shape index (κ1) is 17.5. The largest absolute Gasteiger partial charge is 0.0848 e. The van der Waals surface area contributed by atoms with Crippen molar-refractivity contribution in [2.75, 3.05) is 0 Å². The molecule has 0 bridgehead atoms. The second-order valence-corrected chi connectivity index (χ2v) is 5.24. The lowest BCUT2D eigenvalue weighted by atomic mass is 10.1. The van der Waals surface area contributed by atoms with Crippen molar-refractivity contribution in [1.29, 1.82) is 0 Å². The van der Waals surface area contributed by atoms with E-state index in [-0.39, 0.29) is 0 Å². The van der Waals surface area contributed by atoms with Crippen molar-refractivity contribution in [2.24, 2.45) is 0 Å². The van der Waals surface area contributed by atoms with Gasteiger partial charge in [0.05, 0.1) is 0 Å². The monoisotopic (exact) mass is 250 g/mol. The van der Waals surface area contributed by atoms with E-state index >= 15 is 0 Å². The molecule has 0 aliphatic carbocycles. The normalized spacial score (nSPS) is 11.9. The molecule has 0 N–H and O–H groups in total. The first-order valence-corrected chi connectivity index (χ1v) is 8.23. The highest BCUT2D eigenvalue weighted by Crippen LogP contribution is 2.11. The average Bonchev–Trinajstić information content (AvgIpc) is 2.39. The lowest BCUT2D eigenvalue weighted by Gasteiger charge is -2.01. The maximum Gasteiger partial charge on any atom is -0.0348 e. The third-order valence-corrected chi connectivity index (χ3v) is 3.34. The topological polar surface area (TPSA) is 0 Å². The van der Waals surface area contributed by atoms with Crippen LogP contribution in [-0.4, -0.2) is 0 Å². The summed E-state index contributed by atoms with van der Waals surface area (Å²) >= 11 is 0. The van der Waals surface area contributed by atoms with Crippen LogP contribution in [0.5, 0.6) is 0 Å². The number of hydrogen-bond acceptors (Lipinski definition) is 0. The van der Waals surface area contributed by atoms with Gasteiger partial charge in [-0.1, -0.05) is 95.9 Å². The number of unbranched alkanes of at least 4 members (excludes halogenated alkanes) is 10. The molecule has 0 saturated carbocycles. The summed E-state index contributed by atoms with van der Waals surface area (Å²) < 4.78 is 0. The first-order chi connectivity index (χ1) is 8.91. The van der Waals surface area contributed by atoms with Crippen molar-refractivity contribution >= 4 is 0 Å². The Morgan fingerprint density at radius 1 is 0.556 bits per heavy atom. The van der Waals surface area contributed by atoms with E-state index in [0.717, 1.165) is 6.42 Å². The molecule has 0 aromatic rings. The minimum Gasteiger partial charge on any atom is -0.0848 e. The van der Waals surface area contributed by atoms with Crippen LogP contribution in [0.15, 0.2) is 24.3 Å². The molecule has 106 valence electrons. The van der Waals surface area contributed by atoms with Crippen LogP contribution in [0.25, 0.3) is 0 Å². The fourth-order valence-corrected chi connectivity index (χ4v) is 2.14. The van der Waals surface area contributed by atoms with Crippen molar-refractivity contribution in [2.45, 2.75) is 90.9 Å². The molecular formula is C18H34. The SMILES string of the molecule is CCC=CC=CCCCCCCCCCCCC. The van der Waals surface area contributed by atoms with Gasteiger partial charge in [0.1, 0.15) is 0 Å². The van der Waals surface area contributed by atoms with Crippen LogP contribution in [0.2, 0.25) is 0 Å². The zero-order chi connectivity index (χ0) is 13.3. The second-order valence-electron chi connectivity index (χ2n) is 5.24. The third kappa shape index (κ3) is 15.5. The Labute approximate surface area is 116 Å². The summed E-state index contributed by atoms with van der Waals surface area (Å²) in [6, 6.07) is 0. The molecule has 18 heavy (non-hydrogen) atoms. The Morgan fingerprint density at radius 3 is 1.61 bits per heavy atom. The molecule has 0 heterocycles. The molecule has 0 nitrogen and oxygen atoms in total. The molecule has 0 fully saturated rings. The van der Waals surface area contributed by atoms with Crippen molar-refractivity contribution in [3.05, 3.63) is 24.3 Å². The van der Waals surface area contributed by atoms with Crippen LogP contribution >= 0.6 is 0 Å². The highest BCUT2D eigenvalue weighted by molar-refractivity contribution is 5.01. The summed E-state index contributed by atoms with van der Waals surface area (Å²) in [7, 11) is 0. The molecule has 0 aromatic heterocycles. The summed E-state index contributed by atoms with van der Waals surface area (Å²) in [5, 5.41) is 0. The highest BCUT2D eigenvalue weighted by Gasteiger charge is 1.91. The molecule has 0 saturated heterocycles. The average molecular weight is 250 g/mol. The van der Waals surface area contributed by atoms with E-state index in [9.17, 15) is 0 Å². The predicted molar refractivity (Wildman–Crippen MR) is 85.0 cm³/mol. The molecule has 0 aromatic carbocycles. The Kier molecular flexibility index (Phi) is 16.0. The lowest BCUT2D eigenvalue weighted by molar-refractivity contribution is 0.557. The van der Waals surface area contributed by atoms with Crippen LogP contribution in [0.4, 0.5) is 0 Å². The van der Waals surface area contributed by atoms with Gasteiger partial charge in [-0.05, 0) is 19.3 Å². The summed E-state index contributed by atoms with van der Waals surface area (Å²) in [5.41, 5.74) is 0. The summed E-state index contributed by atoms with van der Waals surface area (Å²) in [6.07, 6.45) is 25.5. The van der Waals surface area contributed by atoms with E-state index in [0.29, 0.717) is 0 Å². The van der Waals surface area contributed by atoms with Crippen molar-refractivity contribution in [1.82, 2.24) is 0 Å². The van der Waals surface area contributed by atoms with Gasteiger partial charge in [0.25, 0.3) is 0 Å². The Bertz CT molecular complexity index is 188. The minimum atomic E-state index is 1.14. The van der Waals surface area contributed by atoms with Gasteiger partial charge < -0.3 is 0 Å². The number of hydrogen-bond donors (Lipinski definition) is 0. The standard InChI is InChI=1S/C18H34/c1-3-5-7-9-11-13-15-17-18-16-14-12-10-8-6-4-2/h5,7,9,11H,3-4,6,8,10,12-18H2,1-2H3. The van der Waals surface area contributed by atoms with Crippen molar-refractivity contribution in [3.8, 4) is 0 Å². The fourth-order valence-electron chi connectivity index (χ4n) is 2.14. The molecule has 0 aliphatic rings. The molecule has 0 atom stereocenters. The zero-order valence-electron chi connectivity index (χ0n) is 12.8. The van der Waals surface area contributed by atoms with Gasteiger partial charge in [-0.3, -0.25) is 0 Å². The molecule has 0 spiro atoms.